The highest BCUT2D eigenvalue weighted by Crippen LogP contribution is 2.35. The van der Waals surface area contributed by atoms with E-state index in [1.165, 1.54) is 5.69 Å². The monoisotopic (exact) mass is 350 g/mol. The minimum atomic E-state index is 0.0158. The van der Waals surface area contributed by atoms with Crippen molar-refractivity contribution in [3.63, 3.8) is 0 Å². The van der Waals surface area contributed by atoms with Gasteiger partial charge in [-0.2, -0.15) is 0 Å². The number of aromatic nitrogens is 3. The van der Waals surface area contributed by atoms with Crippen LogP contribution in [0.5, 0.6) is 11.5 Å². The van der Waals surface area contributed by atoms with E-state index in [4.69, 9.17) is 9.47 Å². The first-order valence-electron chi connectivity index (χ1n) is 8.68. The van der Waals surface area contributed by atoms with Gasteiger partial charge in [0.2, 0.25) is 0 Å². The maximum atomic E-state index is 5.56. The van der Waals surface area contributed by atoms with Gasteiger partial charge >= 0.3 is 0 Å². The fourth-order valence-electron chi connectivity index (χ4n) is 3.58. The molecule has 0 radical (unpaired) electrons. The molecule has 3 heterocycles. The molecule has 2 aromatic heterocycles. The van der Waals surface area contributed by atoms with Crippen LogP contribution >= 0.6 is 0 Å². The van der Waals surface area contributed by atoms with Crippen LogP contribution in [0.15, 0.2) is 48.9 Å². The van der Waals surface area contributed by atoms with Gasteiger partial charge in [-0.15, -0.1) is 0 Å². The molecule has 1 aromatic carbocycles. The van der Waals surface area contributed by atoms with E-state index in [2.05, 4.69) is 25.9 Å². The summed E-state index contributed by atoms with van der Waals surface area (Å²) in [5.74, 6) is 1.69. The van der Waals surface area contributed by atoms with Crippen LogP contribution < -0.4 is 9.47 Å². The Balaban J connectivity index is 1.72. The smallest absolute Gasteiger partial charge is 0.123 e. The van der Waals surface area contributed by atoms with Crippen molar-refractivity contribution in [2.24, 2.45) is 0 Å². The SMILES string of the molecule is COc1ccc(OC)c(CN2CCc3[nH]cnc3[C@H]2c2ccccn2)c1. The summed E-state index contributed by atoms with van der Waals surface area (Å²) in [7, 11) is 3.38. The summed E-state index contributed by atoms with van der Waals surface area (Å²) in [6, 6.07) is 11.9. The Morgan fingerprint density at radius 2 is 2.08 bits per heavy atom. The minimum Gasteiger partial charge on any atom is -0.497 e. The summed E-state index contributed by atoms with van der Waals surface area (Å²) in [6.45, 7) is 1.64. The van der Waals surface area contributed by atoms with Gasteiger partial charge in [0.05, 0.1) is 38.0 Å². The predicted molar refractivity (Wildman–Crippen MR) is 98.3 cm³/mol. The van der Waals surface area contributed by atoms with Gasteiger partial charge in [-0.1, -0.05) is 6.07 Å². The third kappa shape index (κ3) is 3.04. The molecule has 0 amide bonds. The number of aromatic amines is 1. The van der Waals surface area contributed by atoms with Crippen LogP contribution in [0.2, 0.25) is 0 Å². The molecule has 0 saturated heterocycles. The Morgan fingerprint density at radius 1 is 1.15 bits per heavy atom. The van der Waals surface area contributed by atoms with E-state index >= 15 is 0 Å². The van der Waals surface area contributed by atoms with Crippen molar-refractivity contribution in [2.75, 3.05) is 20.8 Å². The molecule has 1 atom stereocenters. The summed E-state index contributed by atoms with van der Waals surface area (Å²) < 4.78 is 11.0. The van der Waals surface area contributed by atoms with Crippen LogP contribution in [0.3, 0.4) is 0 Å². The van der Waals surface area contributed by atoms with E-state index in [-0.39, 0.29) is 6.04 Å². The molecule has 0 saturated carbocycles. The Labute approximate surface area is 152 Å². The number of hydrogen-bond donors (Lipinski definition) is 1. The molecule has 3 aromatic rings. The number of rotatable bonds is 5. The van der Waals surface area contributed by atoms with Gasteiger partial charge in [0.25, 0.3) is 0 Å². The molecule has 134 valence electrons. The van der Waals surface area contributed by atoms with Crippen LogP contribution in [0.25, 0.3) is 0 Å². The molecule has 1 N–H and O–H groups in total. The van der Waals surface area contributed by atoms with Crippen molar-refractivity contribution in [1.29, 1.82) is 0 Å². The largest absolute Gasteiger partial charge is 0.497 e. The lowest BCUT2D eigenvalue weighted by molar-refractivity contribution is 0.194. The number of hydrogen-bond acceptors (Lipinski definition) is 5. The molecule has 4 rings (SSSR count). The lowest BCUT2D eigenvalue weighted by Crippen LogP contribution is -2.36. The number of methoxy groups -OCH3 is 2. The van der Waals surface area contributed by atoms with Crippen molar-refractivity contribution >= 4 is 0 Å². The second-order valence-electron chi connectivity index (χ2n) is 6.32. The number of imidazole rings is 1. The molecule has 0 bridgehead atoms. The number of fused-ring (bicyclic) bond motifs is 1. The zero-order chi connectivity index (χ0) is 17.9. The topological polar surface area (TPSA) is 63.3 Å². The van der Waals surface area contributed by atoms with Gasteiger partial charge in [0, 0.05) is 37.0 Å². The molecule has 0 unspecified atom stereocenters. The third-order valence-electron chi connectivity index (χ3n) is 4.85. The van der Waals surface area contributed by atoms with Crippen LogP contribution in [0.1, 0.15) is 28.7 Å². The first-order valence-corrected chi connectivity index (χ1v) is 8.68. The Hall–Kier alpha value is -2.86. The molecule has 1 aliphatic rings. The molecule has 0 spiro atoms. The summed E-state index contributed by atoms with van der Waals surface area (Å²) in [6.07, 6.45) is 4.54. The van der Waals surface area contributed by atoms with E-state index in [1.54, 1.807) is 20.5 Å². The number of nitrogens with one attached hydrogen (secondary N) is 1. The van der Waals surface area contributed by atoms with E-state index in [9.17, 15) is 0 Å². The maximum Gasteiger partial charge on any atom is 0.123 e. The fraction of sp³-hybridized carbons (Fsp3) is 0.300. The molecule has 0 aliphatic carbocycles. The summed E-state index contributed by atoms with van der Waals surface area (Å²) >= 11 is 0. The number of pyridine rings is 1. The van der Waals surface area contributed by atoms with Gasteiger partial charge in [-0.05, 0) is 30.3 Å². The van der Waals surface area contributed by atoms with Gasteiger partial charge in [0.1, 0.15) is 11.5 Å². The number of ether oxygens (including phenoxy) is 2. The van der Waals surface area contributed by atoms with Crippen LogP contribution in [-0.2, 0) is 13.0 Å². The first-order chi connectivity index (χ1) is 12.8. The Morgan fingerprint density at radius 3 is 2.85 bits per heavy atom. The van der Waals surface area contributed by atoms with E-state index < -0.39 is 0 Å². The number of nitrogens with zero attached hydrogens (tertiary/aromatic N) is 3. The van der Waals surface area contributed by atoms with Crippen molar-refractivity contribution in [3.8, 4) is 11.5 Å². The Kier molecular flexibility index (Phi) is 4.58. The van der Waals surface area contributed by atoms with Gasteiger partial charge in [0.15, 0.2) is 0 Å². The van der Waals surface area contributed by atoms with Crippen molar-refractivity contribution in [3.05, 3.63) is 71.6 Å². The molecule has 6 heteroatoms. The summed E-state index contributed by atoms with van der Waals surface area (Å²) in [5, 5.41) is 0. The summed E-state index contributed by atoms with van der Waals surface area (Å²) in [4.78, 5) is 14.9. The highest BCUT2D eigenvalue weighted by atomic mass is 16.5. The molecular formula is C20H22N4O2. The standard InChI is InChI=1S/C20H22N4O2/c1-25-15-6-7-18(26-2)14(11-15)12-24-10-8-16-19(23-13-22-16)20(24)17-5-3-4-9-21-17/h3-7,9,11,13,20H,8,10,12H2,1-2H3,(H,22,23)/t20-/m1/s1. The third-order valence-corrected chi connectivity index (χ3v) is 4.85. The normalized spacial score (nSPS) is 16.9. The minimum absolute atomic E-state index is 0.0158. The average Bonchev–Trinajstić information content (AvgIpc) is 3.17. The summed E-state index contributed by atoms with van der Waals surface area (Å²) in [5.41, 5.74) is 4.33. The molecule has 6 nitrogen and oxygen atoms in total. The van der Waals surface area contributed by atoms with Gasteiger partial charge in [-0.3, -0.25) is 9.88 Å². The van der Waals surface area contributed by atoms with Crippen LogP contribution in [0, 0.1) is 0 Å². The van der Waals surface area contributed by atoms with Crippen molar-refractivity contribution < 1.29 is 9.47 Å². The van der Waals surface area contributed by atoms with E-state index in [0.29, 0.717) is 0 Å². The highest BCUT2D eigenvalue weighted by molar-refractivity contribution is 5.41. The maximum absolute atomic E-state index is 5.56. The van der Waals surface area contributed by atoms with Gasteiger partial charge in [-0.25, -0.2) is 4.98 Å². The predicted octanol–water partition coefficient (Wildman–Crippen LogP) is 2.97. The average molecular weight is 350 g/mol. The lowest BCUT2D eigenvalue weighted by Gasteiger charge is -2.34. The second kappa shape index (κ2) is 7.17. The fourth-order valence-corrected chi connectivity index (χ4v) is 3.58. The van der Waals surface area contributed by atoms with E-state index in [0.717, 1.165) is 48.0 Å². The van der Waals surface area contributed by atoms with Gasteiger partial charge < -0.3 is 14.5 Å². The molecule has 26 heavy (non-hydrogen) atoms. The van der Waals surface area contributed by atoms with E-state index in [1.807, 2.05) is 36.5 Å². The molecular weight excluding hydrogens is 328 g/mol. The highest BCUT2D eigenvalue weighted by Gasteiger charge is 2.32. The van der Waals surface area contributed by atoms with Crippen molar-refractivity contribution in [2.45, 2.75) is 19.0 Å². The lowest BCUT2D eigenvalue weighted by atomic mass is 9.98. The van der Waals surface area contributed by atoms with Crippen LogP contribution in [-0.4, -0.2) is 40.6 Å². The number of H-pyrrole nitrogens is 1. The second-order valence-corrected chi connectivity index (χ2v) is 6.32. The zero-order valence-corrected chi connectivity index (χ0v) is 15.0. The van der Waals surface area contributed by atoms with Crippen LogP contribution in [0.4, 0.5) is 0 Å². The zero-order valence-electron chi connectivity index (χ0n) is 15.0. The van der Waals surface area contributed by atoms with Crippen molar-refractivity contribution in [1.82, 2.24) is 19.9 Å². The Bertz CT molecular complexity index is 879. The quantitative estimate of drug-likeness (QED) is 0.766. The number of benzene rings is 1. The first kappa shape index (κ1) is 16.6. The molecule has 1 aliphatic heterocycles. The molecule has 0 fully saturated rings.